The van der Waals surface area contributed by atoms with E-state index in [-0.39, 0.29) is 18.0 Å². The zero-order valence-corrected chi connectivity index (χ0v) is 11.2. The van der Waals surface area contributed by atoms with Crippen LogP contribution in [0.5, 0.6) is 0 Å². The fourth-order valence-corrected chi connectivity index (χ4v) is 3.06. The van der Waals surface area contributed by atoms with Gasteiger partial charge in [-0.2, -0.15) is 0 Å². The Morgan fingerprint density at radius 1 is 1.35 bits per heavy atom. The minimum Gasteiger partial charge on any atom is -0.481 e. The Kier molecular flexibility index (Phi) is 3.01. The third kappa shape index (κ3) is 2.08. The van der Waals surface area contributed by atoms with Crippen LogP contribution in [0.2, 0.25) is 0 Å². The summed E-state index contributed by atoms with van der Waals surface area (Å²) in [6.45, 7) is 0.212. The van der Waals surface area contributed by atoms with E-state index in [0.717, 1.165) is 19.3 Å². The van der Waals surface area contributed by atoms with Crippen LogP contribution in [0.4, 0.5) is 5.69 Å². The number of carboxylic acids is 1. The van der Waals surface area contributed by atoms with E-state index in [1.165, 1.54) is 0 Å². The predicted molar refractivity (Wildman–Crippen MR) is 74.6 cm³/mol. The number of anilines is 1. The molecule has 1 saturated carbocycles. The smallest absolute Gasteiger partial charge is 0.312 e. The van der Waals surface area contributed by atoms with E-state index in [2.05, 4.69) is 0 Å². The van der Waals surface area contributed by atoms with Gasteiger partial charge in [-0.05, 0) is 30.9 Å². The van der Waals surface area contributed by atoms with Crippen LogP contribution in [-0.4, -0.2) is 29.1 Å². The normalized spacial score (nSPS) is 23.1. The minimum atomic E-state index is -0.890. The first-order valence-electron chi connectivity index (χ1n) is 6.91. The molecule has 5 heteroatoms. The van der Waals surface area contributed by atoms with Crippen molar-refractivity contribution < 1.29 is 14.7 Å². The third-order valence-corrected chi connectivity index (χ3v) is 4.42. The van der Waals surface area contributed by atoms with Gasteiger partial charge in [0.1, 0.15) is 5.92 Å². The van der Waals surface area contributed by atoms with Gasteiger partial charge in [-0.25, -0.2) is 0 Å². The number of para-hydroxylation sites is 1. The van der Waals surface area contributed by atoms with Crippen molar-refractivity contribution in [1.82, 2.24) is 0 Å². The zero-order valence-electron chi connectivity index (χ0n) is 11.2. The van der Waals surface area contributed by atoms with E-state index in [1.807, 2.05) is 6.07 Å². The third-order valence-electron chi connectivity index (χ3n) is 4.42. The van der Waals surface area contributed by atoms with Crippen molar-refractivity contribution in [2.75, 3.05) is 11.4 Å². The topological polar surface area (TPSA) is 83.6 Å². The largest absolute Gasteiger partial charge is 0.481 e. The Hall–Kier alpha value is -1.88. The van der Waals surface area contributed by atoms with Crippen molar-refractivity contribution in [2.24, 2.45) is 5.73 Å². The molecule has 1 atom stereocenters. The summed E-state index contributed by atoms with van der Waals surface area (Å²) < 4.78 is 0. The number of amides is 1. The number of hydrogen-bond acceptors (Lipinski definition) is 3. The van der Waals surface area contributed by atoms with E-state index >= 15 is 0 Å². The summed E-state index contributed by atoms with van der Waals surface area (Å²) in [5.74, 6) is -1.59. The van der Waals surface area contributed by atoms with Gasteiger partial charge in [-0.15, -0.1) is 0 Å². The molecule has 0 bridgehead atoms. The molecule has 1 amide bonds. The number of fused-ring (bicyclic) bond motifs is 1. The fraction of sp³-hybridized carbons (Fsp3) is 0.467. The Labute approximate surface area is 117 Å². The molecule has 20 heavy (non-hydrogen) atoms. The summed E-state index contributed by atoms with van der Waals surface area (Å²) in [6, 6.07) is 7.22. The molecule has 0 spiro atoms. The zero-order chi connectivity index (χ0) is 14.3. The molecule has 3 rings (SSSR count). The van der Waals surface area contributed by atoms with E-state index < -0.39 is 11.9 Å². The summed E-state index contributed by atoms with van der Waals surface area (Å²) in [7, 11) is 0. The second-order valence-corrected chi connectivity index (χ2v) is 5.85. The SMILES string of the molecule is NC1(CC(=O)N2CC(C(=O)O)c3ccccc32)CCC1. The molecule has 1 heterocycles. The first kappa shape index (κ1) is 13.1. The van der Waals surface area contributed by atoms with Gasteiger partial charge in [-0.1, -0.05) is 18.2 Å². The molecule has 0 radical (unpaired) electrons. The summed E-state index contributed by atoms with van der Waals surface area (Å²) in [6.07, 6.45) is 3.11. The molecular weight excluding hydrogens is 256 g/mol. The lowest BCUT2D eigenvalue weighted by Gasteiger charge is -2.38. The Bertz CT molecular complexity index is 566. The van der Waals surface area contributed by atoms with Crippen molar-refractivity contribution in [3.8, 4) is 0 Å². The molecule has 2 aliphatic rings. The quantitative estimate of drug-likeness (QED) is 0.874. The number of nitrogens with two attached hydrogens (primary N) is 1. The van der Waals surface area contributed by atoms with E-state index in [0.29, 0.717) is 17.7 Å². The number of rotatable bonds is 3. The molecule has 1 aromatic carbocycles. The first-order valence-corrected chi connectivity index (χ1v) is 6.91. The fourth-order valence-electron chi connectivity index (χ4n) is 3.06. The number of benzene rings is 1. The van der Waals surface area contributed by atoms with Crippen molar-refractivity contribution in [2.45, 2.75) is 37.1 Å². The number of aliphatic carboxylic acids is 1. The van der Waals surface area contributed by atoms with Crippen LogP contribution >= 0.6 is 0 Å². The van der Waals surface area contributed by atoms with Gasteiger partial charge < -0.3 is 15.7 Å². The lowest BCUT2D eigenvalue weighted by molar-refractivity contribution is -0.138. The molecular formula is C15H18N2O3. The molecule has 1 aliphatic carbocycles. The van der Waals surface area contributed by atoms with Gasteiger partial charge >= 0.3 is 5.97 Å². The average Bonchev–Trinajstić information content (AvgIpc) is 2.76. The minimum absolute atomic E-state index is 0.0663. The number of hydrogen-bond donors (Lipinski definition) is 2. The molecule has 1 aliphatic heterocycles. The second kappa shape index (κ2) is 4.59. The lowest BCUT2D eigenvalue weighted by atomic mass is 9.75. The molecule has 106 valence electrons. The Morgan fingerprint density at radius 2 is 2.05 bits per heavy atom. The summed E-state index contributed by atoms with van der Waals surface area (Å²) in [5.41, 5.74) is 7.17. The summed E-state index contributed by atoms with van der Waals surface area (Å²) in [4.78, 5) is 25.3. The molecule has 1 unspecified atom stereocenters. The van der Waals surface area contributed by atoms with E-state index in [4.69, 9.17) is 5.73 Å². The maximum absolute atomic E-state index is 12.4. The monoisotopic (exact) mass is 274 g/mol. The van der Waals surface area contributed by atoms with E-state index in [9.17, 15) is 14.7 Å². The van der Waals surface area contributed by atoms with Gasteiger partial charge in [0.15, 0.2) is 0 Å². The first-order chi connectivity index (χ1) is 9.50. The summed E-state index contributed by atoms with van der Waals surface area (Å²) in [5, 5.41) is 9.29. The van der Waals surface area contributed by atoms with E-state index in [1.54, 1.807) is 23.1 Å². The van der Waals surface area contributed by atoms with Crippen LogP contribution in [0.1, 0.15) is 37.2 Å². The standard InChI is InChI=1S/C15H18N2O3/c16-15(6-3-7-15)8-13(18)17-9-11(14(19)20)10-4-1-2-5-12(10)17/h1-2,4-5,11H,3,6-9,16H2,(H,19,20). The second-order valence-electron chi connectivity index (χ2n) is 5.85. The highest BCUT2D eigenvalue weighted by molar-refractivity contribution is 5.99. The van der Waals surface area contributed by atoms with Crippen LogP contribution in [0, 0.1) is 0 Å². The van der Waals surface area contributed by atoms with Crippen LogP contribution in [0.25, 0.3) is 0 Å². The van der Waals surface area contributed by atoms with Crippen LogP contribution < -0.4 is 10.6 Å². The highest BCUT2D eigenvalue weighted by Crippen LogP contribution is 2.39. The average molecular weight is 274 g/mol. The highest BCUT2D eigenvalue weighted by atomic mass is 16.4. The molecule has 1 fully saturated rings. The van der Waals surface area contributed by atoms with Gasteiger partial charge in [0, 0.05) is 24.2 Å². The molecule has 3 N–H and O–H groups in total. The molecule has 1 aromatic rings. The van der Waals surface area contributed by atoms with Gasteiger partial charge in [0.2, 0.25) is 5.91 Å². The van der Waals surface area contributed by atoms with Crippen molar-refractivity contribution in [3.63, 3.8) is 0 Å². The lowest BCUT2D eigenvalue weighted by Crippen LogP contribution is -2.50. The number of carboxylic acid groups (broad SMARTS) is 1. The van der Waals surface area contributed by atoms with Crippen LogP contribution in [0.15, 0.2) is 24.3 Å². The van der Waals surface area contributed by atoms with Crippen molar-refractivity contribution in [1.29, 1.82) is 0 Å². The number of carbonyl (C=O) groups excluding carboxylic acids is 1. The summed E-state index contributed by atoms with van der Waals surface area (Å²) >= 11 is 0. The maximum atomic E-state index is 12.4. The maximum Gasteiger partial charge on any atom is 0.312 e. The number of nitrogens with zero attached hydrogens (tertiary/aromatic N) is 1. The molecule has 0 aromatic heterocycles. The van der Waals surface area contributed by atoms with Crippen molar-refractivity contribution >= 4 is 17.6 Å². The van der Waals surface area contributed by atoms with Crippen molar-refractivity contribution in [3.05, 3.63) is 29.8 Å². The van der Waals surface area contributed by atoms with Crippen LogP contribution in [0.3, 0.4) is 0 Å². The Morgan fingerprint density at radius 3 is 2.65 bits per heavy atom. The molecule has 0 saturated heterocycles. The Balaban J connectivity index is 1.84. The molecule has 5 nitrogen and oxygen atoms in total. The van der Waals surface area contributed by atoms with Gasteiger partial charge in [-0.3, -0.25) is 9.59 Å². The van der Waals surface area contributed by atoms with Gasteiger partial charge in [0.05, 0.1) is 0 Å². The highest BCUT2D eigenvalue weighted by Gasteiger charge is 2.40. The van der Waals surface area contributed by atoms with Crippen LogP contribution in [-0.2, 0) is 9.59 Å². The predicted octanol–water partition coefficient (Wildman–Crippen LogP) is 1.47. The number of carbonyl (C=O) groups is 2. The van der Waals surface area contributed by atoms with Gasteiger partial charge in [0.25, 0.3) is 0 Å².